The Balaban J connectivity index is 2.44. The zero-order valence-corrected chi connectivity index (χ0v) is 12.5. The van der Waals surface area contributed by atoms with Crippen molar-refractivity contribution in [2.24, 2.45) is 5.92 Å². The number of anilines is 1. The molecule has 0 fully saturated rings. The summed E-state index contributed by atoms with van der Waals surface area (Å²) in [5.41, 5.74) is -0.142. The fourth-order valence-electron chi connectivity index (χ4n) is 1.69. The van der Waals surface area contributed by atoms with Crippen LogP contribution in [-0.2, 0) is 11.3 Å². The standard InChI is InChI=1S/C14H24N4O2/c1-4-8-18-9-7-16-13(14(18)20)15-6-5-12(19)17-10-11(2)3/h7,9,11H,4-6,8,10H2,1-3H3,(H,15,16)(H,17,19). The van der Waals surface area contributed by atoms with Crippen molar-refractivity contribution in [3.8, 4) is 0 Å². The first-order valence-electron chi connectivity index (χ1n) is 7.10. The maximum Gasteiger partial charge on any atom is 0.293 e. The van der Waals surface area contributed by atoms with Crippen LogP contribution in [0.1, 0.15) is 33.6 Å². The van der Waals surface area contributed by atoms with Crippen LogP contribution in [0.15, 0.2) is 17.2 Å². The lowest BCUT2D eigenvalue weighted by Crippen LogP contribution is -2.30. The summed E-state index contributed by atoms with van der Waals surface area (Å²) < 4.78 is 1.62. The van der Waals surface area contributed by atoms with Gasteiger partial charge in [0.2, 0.25) is 5.91 Å². The van der Waals surface area contributed by atoms with Crippen LogP contribution in [0.2, 0.25) is 0 Å². The molecule has 1 aromatic rings. The molecule has 1 amide bonds. The number of hydrogen-bond donors (Lipinski definition) is 2. The number of carbonyl (C=O) groups excluding carboxylic acids is 1. The maximum absolute atomic E-state index is 12.0. The summed E-state index contributed by atoms with van der Waals surface area (Å²) in [4.78, 5) is 27.5. The van der Waals surface area contributed by atoms with Crippen molar-refractivity contribution in [3.63, 3.8) is 0 Å². The van der Waals surface area contributed by atoms with Gasteiger partial charge in [0.25, 0.3) is 5.56 Å². The summed E-state index contributed by atoms with van der Waals surface area (Å²) >= 11 is 0. The predicted octanol–water partition coefficient (Wildman–Crippen LogP) is 1.23. The first kappa shape index (κ1) is 16.2. The van der Waals surface area contributed by atoms with Gasteiger partial charge in [-0.3, -0.25) is 9.59 Å². The van der Waals surface area contributed by atoms with Gasteiger partial charge in [0, 0.05) is 38.4 Å². The molecule has 1 aromatic heterocycles. The third-order valence-corrected chi connectivity index (χ3v) is 2.73. The number of aromatic nitrogens is 2. The second-order valence-electron chi connectivity index (χ2n) is 5.15. The molecule has 112 valence electrons. The van der Waals surface area contributed by atoms with Gasteiger partial charge in [-0.1, -0.05) is 20.8 Å². The van der Waals surface area contributed by atoms with Crippen molar-refractivity contribution >= 4 is 11.7 Å². The van der Waals surface area contributed by atoms with E-state index in [-0.39, 0.29) is 11.5 Å². The largest absolute Gasteiger partial charge is 0.365 e. The summed E-state index contributed by atoms with van der Waals surface area (Å²) in [6.45, 7) is 7.85. The summed E-state index contributed by atoms with van der Waals surface area (Å²) in [6, 6.07) is 0. The highest BCUT2D eigenvalue weighted by molar-refractivity contribution is 5.76. The van der Waals surface area contributed by atoms with E-state index < -0.39 is 0 Å². The van der Waals surface area contributed by atoms with E-state index in [1.165, 1.54) is 0 Å². The molecule has 0 aromatic carbocycles. The Hall–Kier alpha value is -1.85. The zero-order chi connectivity index (χ0) is 15.0. The molecule has 0 aliphatic carbocycles. The van der Waals surface area contributed by atoms with E-state index in [0.29, 0.717) is 37.8 Å². The van der Waals surface area contributed by atoms with Crippen LogP contribution in [0.4, 0.5) is 5.82 Å². The molecule has 6 nitrogen and oxygen atoms in total. The van der Waals surface area contributed by atoms with Crippen LogP contribution in [0.5, 0.6) is 0 Å². The fraction of sp³-hybridized carbons (Fsp3) is 0.643. The smallest absolute Gasteiger partial charge is 0.293 e. The first-order valence-corrected chi connectivity index (χ1v) is 7.10. The first-order chi connectivity index (χ1) is 9.54. The number of rotatable bonds is 8. The molecule has 1 heterocycles. The molecule has 0 saturated carbocycles. The molecule has 0 unspecified atom stereocenters. The number of carbonyl (C=O) groups is 1. The van der Waals surface area contributed by atoms with Crippen LogP contribution >= 0.6 is 0 Å². The van der Waals surface area contributed by atoms with Crippen molar-refractivity contribution < 1.29 is 4.79 Å². The van der Waals surface area contributed by atoms with E-state index in [1.807, 2.05) is 20.8 Å². The van der Waals surface area contributed by atoms with E-state index in [0.717, 1.165) is 6.42 Å². The minimum absolute atomic E-state index is 0.0176. The van der Waals surface area contributed by atoms with Gasteiger partial charge in [0.15, 0.2) is 5.82 Å². The highest BCUT2D eigenvalue weighted by atomic mass is 16.1. The van der Waals surface area contributed by atoms with Crippen LogP contribution in [0.3, 0.4) is 0 Å². The highest BCUT2D eigenvalue weighted by Gasteiger charge is 2.06. The van der Waals surface area contributed by atoms with Crippen molar-refractivity contribution in [1.82, 2.24) is 14.9 Å². The third kappa shape index (κ3) is 5.42. The Bertz CT molecular complexity index is 482. The molecule has 0 spiro atoms. The van der Waals surface area contributed by atoms with Gasteiger partial charge in [-0.2, -0.15) is 0 Å². The van der Waals surface area contributed by atoms with E-state index in [1.54, 1.807) is 17.0 Å². The van der Waals surface area contributed by atoms with Crippen molar-refractivity contribution in [1.29, 1.82) is 0 Å². The van der Waals surface area contributed by atoms with E-state index in [9.17, 15) is 9.59 Å². The van der Waals surface area contributed by atoms with Gasteiger partial charge < -0.3 is 15.2 Å². The van der Waals surface area contributed by atoms with Crippen molar-refractivity contribution in [3.05, 3.63) is 22.7 Å². The third-order valence-electron chi connectivity index (χ3n) is 2.73. The summed E-state index contributed by atoms with van der Waals surface area (Å²) in [7, 11) is 0. The molecular weight excluding hydrogens is 256 g/mol. The van der Waals surface area contributed by atoms with Crippen molar-refractivity contribution in [2.45, 2.75) is 40.2 Å². The zero-order valence-electron chi connectivity index (χ0n) is 12.5. The molecule has 20 heavy (non-hydrogen) atoms. The molecule has 0 bridgehead atoms. The quantitative estimate of drug-likeness (QED) is 0.751. The summed E-state index contributed by atoms with van der Waals surface area (Å²) in [6.07, 6.45) is 4.49. The van der Waals surface area contributed by atoms with E-state index >= 15 is 0 Å². The molecule has 0 aliphatic rings. The minimum Gasteiger partial charge on any atom is -0.365 e. The Labute approximate surface area is 119 Å². The average Bonchev–Trinajstić information content (AvgIpc) is 2.41. The van der Waals surface area contributed by atoms with Crippen LogP contribution in [0, 0.1) is 5.92 Å². The van der Waals surface area contributed by atoms with Gasteiger partial charge in [0.1, 0.15) is 0 Å². The molecular formula is C14H24N4O2. The Kier molecular flexibility index (Phi) is 6.76. The number of nitrogens with one attached hydrogen (secondary N) is 2. The second-order valence-corrected chi connectivity index (χ2v) is 5.15. The van der Waals surface area contributed by atoms with Crippen molar-refractivity contribution in [2.75, 3.05) is 18.4 Å². The number of nitrogens with zero attached hydrogens (tertiary/aromatic N) is 2. The van der Waals surface area contributed by atoms with Gasteiger partial charge in [-0.15, -0.1) is 0 Å². The van der Waals surface area contributed by atoms with E-state index in [2.05, 4.69) is 15.6 Å². The molecule has 0 aliphatic heterocycles. The predicted molar refractivity (Wildman–Crippen MR) is 79.7 cm³/mol. The molecule has 6 heteroatoms. The van der Waals surface area contributed by atoms with Crippen LogP contribution in [0.25, 0.3) is 0 Å². The van der Waals surface area contributed by atoms with E-state index in [4.69, 9.17) is 0 Å². The second kappa shape index (κ2) is 8.35. The van der Waals surface area contributed by atoms with Gasteiger partial charge in [0.05, 0.1) is 0 Å². The lowest BCUT2D eigenvalue weighted by atomic mass is 10.2. The highest BCUT2D eigenvalue weighted by Crippen LogP contribution is 1.95. The number of amides is 1. The summed E-state index contributed by atoms with van der Waals surface area (Å²) in [5, 5.41) is 5.76. The average molecular weight is 280 g/mol. The summed E-state index contributed by atoms with van der Waals surface area (Å²) in [5.74, 6) is 0.720. The normalized spacial score (nSPS) is 10.6. The fourth-order valence-corrected chi connectivity index (χ4v) is 1.69. The molecule has 0 atom stereocenters. The molecule has 2 N–H and O–H groups in total. The molecule has 1 rings (SSSR count). The Morgan fingerprint density at radius 3 is 2.85 bits per heavy atom. The molecule has 0 radical (unpaired) electrons. The topological polar surface area (TPSA) is 76.0 Å². The SMILES string of the molecule is CCCn1ccnc(NCCC(=O)NCC(C)C)c1=O. The lowest BCUT2D eigenvalue weighted by Gasteiger charge is -2.09. The number of aryl methyl sites for hydroxylation is 1. The van der Waals surface area contributed by atoms with Gasteiger partial charge >= 0.3 is 0 Å². The Morgan fingerprint density at radius 1 is 1.45 bits per heavy atom. The van der Waals surface area contributed by atoms with Gasteiger partial charge in [-0.25, -0.2) is 4.98 Å². The monoisotopic (exact) mass is 280 g/mol. The minimum atomic E-state index is -0.142. The van der Waals surface area contributed by atoms with Crippen LogP contribution < -0.4 is 16.2 Å². The van der Waals surface area contributed by atoms with Crippen LogP contribution in [-0.4, -0.2) is 28.5 Å². The van der Waals surface area contributed by atoms with Gasteiger partial charge in [-0.05, 0) is 12.3 Å². The maximum atomic E-state index is 12.0. The lowest BCUT2D eigenvalue weighted by molar-refractivity contribution is -0.120. The Morgan fingerprint density at radius 2 is 2.20 bits per heavy atom. The molecule has 0 saturated heterocycles. The number of hydrogen-bond acceptors (Lipinski definition) is 4.